The normalized spacial score (nSPS) is 18.3. The Morgan fingerprint density at radius 2 is 1.89 bits per heavy atom. The monoisotopic (exact) mass is 553 g/mol. The Hall–Kier alpha value is -3.68. The highest BCUT2D eigenvalue weighted by Gasteiger charge is 2.34. The van der Waals surface area contributed by atoms with Crippen LogP contribution < -0.4 is 4.74 Å². The van der Waals surface area contributed by atoms with E-state index in [9.17, 15) is 26.7 Å². The molecule has 5 rings (SSSR count). The molecule has 2 aromatic heterocycles. The third-order valence-electron chi connectivity index (χ3n) is 6.28. The third kappa shape index (κ3) is 5.59. The highest BCUT2D eigenvalue weighted by atomic mass is 32.1. The van der Waals surface area contributed by atoms with Crippen LogP contribution in [0.3, 0.4) is 0 Å². The van der Waals surface area contributed by atoms with E-state index in [2.05, 4.69) is 20.1 Å². The summed E-state index contributed by atoms with van der Waals surface area (Å²) in [6, 6.07) is 4.27. The number of amides is 1. The molecule has 1 aromatic carbocycles. The van der Waals surface area contributed by atoms with E-state index in [1.807, 2.05) is 5.38 Å². The number of halogens is 5. The molecule has 0 radical (unpaired) electrons. The summed E-state index contributed by atoms with van der Waals surface area (Å²) >= 11 is 1.44. The summed E-state index contributed by atoms with van der Waals surface area (Å²) in [6.45, 7) is 0.417. The minimum absolute atomic E-state index is 0.0951. The first-order valence-corrected chi connectivity index (χ1v) is 12.5. The maximum Gasteiger partial charge on any atom is 0.433 e. The second-order valence-electron chi connectivity index (χ2n) is 8.73. The zero-order valence-electron chi connectivity index (χ0n) is 19.6. The molecule has 0 N–H and O–H groups in total. The highest BCUT2D eigenvalue weighted by Crippen LogP contribution is 2.35. The number of carbonyl (C=O) groups excluding carboxylic acids is 1. The molecule has 1 saturated heterocycles. The number of aromatic nitrogens is 3. The van der Waals surface area contributed by atoms with E-state index in [0.29, 0.717) is 43.4 Å². The third-order valence-corrected chi connectivity index (χ3v) is 7.29. The predicted molar refractivity (Wildman–Crippen MR) is 125 cm³/mol. The lowest BCUT2D eigenvalue weighted by Crippen LogP contribution is -2.40. The molecule has 8 nitrogen and oxygen atoms in total. The Labute approximate surface area is 217 Å². The zero-order valence-corrected chi connectivity index (χ0v) is 20.4. The van der Waals surface area contributed by atoms with Crippen LogP contribution in [0.15, 0.2) is 41.1 Å². The SMILES string of the molecule is O=C(COc1cc(C(F)(F)F)ncn1)N1CCC(c2nc(C3=NOC(c4c(F)cccc4F)C3)cs2)CC1. The van der Waals surface area contributed by atoms with Crippen molar-refractivity contribution in [2.75, 3.05) is 19.7 Å². The van der Waals surface area contributed by atoms with Gasteiger partial charge in [0.15, 0.2) is 18.4 Å². The van der Waals surface area contributed by atoms with Crippen LogP contribution in [-0.2, 0) is 15.8 Å². The highest BCUT2D eigenvalue weighted by molar-refractivity contribution is 7.10. The number of likely N-dealkylation sites (tertiary alicyclic amines) is 1. The summed E-state index contributed by atoms with van der Waals surface area (Å²) in [5.74, 6) is -1.98. The molecule has 14 heteroatoms. The second kappa shape index (κ2) is 10.6. The van der Waals surface area contributed by atoms with Crippen molar-refractivity contribution >= 4 is 23.0 Å². The van der Waals surface area contributed by atoms with Crippen LogP contribution in [0.1, 0.15) is 53.2 Å². The maximum absolute atomic E-state index is 14.1. The lowest BCUT2D eigenvalue weighted by atomic mass is 9.97. The summed E-state index contributed by atoms with van der Waals surface area (Å²) in [6.07, 6.45) is -3.31. The van der Waals surface area contributed by atoms with Crippen molar-refractivity contribution in [2.24, 2.45) is 5.16 Å². The number of nitrogens with zero attached hydrogens (tertiary/aromatic N) is 5. The number of oxime groups is 1. The number of benzene rings is 1. The quantitative estimate of drug-likeness (QED) is 0.405. The number of thiazole rings is 1. The molecule has 3 aromatic rings. The molecular formula is C24H20F5N5O3S. The number of alkyl halides is 3. The van der Waals surface area contributed by atoms with Crippen LogP contribution >= 0.6 is 11.3 Å². The van der Waals surface area contributed by atoms with Gasteiger partial charge in [-0.05, 0) is 25.0 Å². The molecule has 0 aliphatic carbocycles. The van der Waals surface area contributed by atoms with Gasteiger partial charge in [-0.15, -0.1) is 11.3 Å². The molecule has 200 valence electrons. The van der Waals surface area contributed by atoms with Crippen molar-refractivity contribution in [3.63, 3.8) is 0 Å². The lowest BCUT2D eigenvalue weighted by Gasteiger charge is -2.31. The fourth-order valence-corrected chi connectivity index (χ4v) is 5.29. The standard InChI is InChI=1S/C24H20F5N5O3S/c25-14-2-1-3-15(26)22(14)18-8-16(33-37-18)17-11-38-23(32-17)13-4-6-34(7-5-13)21(35)10-36-20-9-19(24(27,28)29)30-12-31-20/h1-3,9,11-13,18H,4-8,10H2. The smallest absolute Gasteiger partial charge is 0.433 e. The Bertz CT molecular complexity index is 1340. The van der Waals surface area contributed by atoms with Gasteiger partial charge in [0, 0.05) is 36.9 Å². The predicted octanol–water partition coefficient (Wildman–Crippen LogP) is 4.88. The summed E-state index contributed by atoms with van der Waals surface area (Å²) in [4.78, 5) is 30.8. The van der Waals surface area contributed by atoms with Gasteiger partial charge in [-0.3, -0.25) is 4.79 Å². The molecule has 2 aliphatic rings. The molecule has 38 heavy (non-hydrogen) atoms. The minimum Gasteiger partial charge on any atom is -0.467 e. The summed E-state index contributed by atoms with van der Waals surface area (Å²) < 4.78 is 71.7. The van der Waals surface area contributed by atoms with Crippen LogP contribution in [0.5, 0.6) is 5.88 Å². The number of hydrogen-bond donors (Lipinski definition) is 0. The van der Waals surface area contributed by atoms with Crippen molar-refractivity contribution < 1.29 is 36.3 Å². The Kier molecular flexibility index (Phi) is 7.23. The number of rotatable bonds is 6. The maximum atomic E-state index is 14.1. The number of piperidine rings is 1. The van der Waals surface area contributed by atoms with Gasteiger partial charge in [0.05, 0.1) is 16.3 Å². The van der Waals surface area contributed by atoms with Crippen LogP contribution in [0.4, 0.5) is 22.0 Å². The van der Waals surface area contributed by atoms with Crippen LogP contribution in [0.2, 0.25) is 0 Å². The van der Waals surface area contributed by atoms with E-state index < -0.39 is 36.2 Å². The number of hydrogen-bond acceptors (Lipinski definition) is 8. The molecule has 0 spiro atoms. The van der Waals surface area contributed by atoms with E-state index in [1.165, 1.54) is 29.5 Å². The fourth-order valence-electron chi connectivity index (χ4n) is 4.29. The van der Waals surface area contributed by atoms with Crippen LogP contribution in [0.25, 0.3) is 0 Å². The van der Waals surface area contributed by atoms with Gasteiger partial charge in [0.25, 0.3) is 5.91 Å². The Morgan fingerprint density at radius 3 is 2.61 bits per heavy atom. The Morgan fingerprint density at radius 1 is 1.16 bits per heavy atom. The van der Waals surface area contributed by atoms with E-state index in [0.717, 1.165) is 11.3 Å². The molecule has 0 saturated carbocycles. The summed E-state index contributed by atoms with van der Waals surface area (Å²) in [7, 11) is 0. The molecule has 2 aliphatic heterocycles. The summed E-state index contributed by atoms with van der Waals surface area (Å²) in [5, 5.41) is 6.67. The number of carbonyl (C=O) groups is 1. The van der Waals surface area contributed by atoms with Gasteiger partial charge in [-0.2, -0.15) is 13.2 Å². The Balaban J connectivity index is 1.13. The van der Waals surface area contributed by atoms with Crippen molar-refractivity contribution in [3.05, 3.63) is 69.6 Å². The molecule has 1 fully saturated rings. The van der Waals surface area contributed by atoms with E-state index in [1.54, 1.807) is 4.90 Å². The molecular weight excluding hydrogens is 533 g/mol. The van der Waals surface area contributed by atoms with E-state index >= 15 is 0 Å². The molecule has 1 atom stereocenters. The first kappa shape index (κ1) is 25.9. The average Bonchev–Trinajstić information content (AvgIpc) is 3.57. The minimum atomic E-state index is -4.64. The van der Waals surface area contributed by atoms with Crippen molar-refractivity contribution in [2.45, 2.75) is 37.5 Å². The molecule has 4 heterocycles. The van der Waals surface area contributed by atoms with Gasteiger partial charge in [-0.1, -0.05) is 11.2 Å². The van der Waals surface area contributed by atoms with Gasteiger partial charge in [-0.25, -0.2) is 23.7 Å². The zero-order chi connectivity index (χ0) is 26.9. The topological polar surface area (TPSA) is 89.8 Å². The van der Waals surface area contributed by atoms with Crippen LogP contribution in [0, 0.1) is 11.6 Å². The van der Waals surface area contributed by atoms with Crippen molar-refractivity contribution in [3.8, 4) is 5.88 Å². The fraction of sp³-hybridized carbons (Fsp3) is 0.375. The van der Waals surface area contributed by atoms with E-state index in [4.69, 9.17) is 9.57 Å². The van der Waals surface area contributed by atoms with Crippen molar-refractivity contribution in [1.29, 1.82) is 0 Å². The average molecular weight is 554 g/mol. The molecule has 1 unspecified atom stereocenters. The van der Waals surface area contributed by atoms with Gasteiger partial charge in [0.1, 0.15) is 23.7 Å². The first-order valence-electron chi connectivity index (χ1n) is 11.6. The molecule has 1 amide bonds. The lowest BCUT2D eigenvalue weighted by molar-refractivity contribution is -0.141. The largest absolute Gasteiger partial charge is 0.467 e. The summed E-state index contributed by atoms with van der Waals surface area (Å²) in [5.41, 5.74) is -0.227. The van der Waals surface area contributed by atoms with Crippen LogP contribution in [-0.4, -0.2) is 51.2 Å². The van der Waals surface area contributed by atoms with Gasteiger partial charge in [0.2, 0.25) is 5.88 Å². The number of ether oxygens (including phenoxy) is 1. The second-order valence-corrected chi connectivity index (χ2v) is 9.62. The molecule has 0 bridgehead atoms. The van der Waals surface area contributed by atoms with Crippen molar-refractivity contribution in [1.82, 2.24) is 19.9 Å². The van der Waals surface area contributed by atoms with Gasteiger partial charge < -0.3 is 14.5 Å². The van der Waals surface area contributed by atoms with Gasteiger partial charge >= 0.3 is 6.18 Å². The first-order chi connectivity index (χ1) is 18.2. The van der Waals surface area contributed by atoms with E-state index in [-0.39, 0.29) is 29.7 Å².